The summed E-state index contributed by atoms with van der Waals surface area (Å²) < 4.78 is 24.5. The summed E-state index contributed by atoms with van der Waals surface area (Å²) in [5.41, 5.74) is 4.91. The number of hydrogen-bond donors (Lipinski definition) is 1. The van der Waals surface area contributed by atoms with Crippen LogP contribution in [0.25, 0.3) is 5.69 Å². The molecule has 0 spiro atoms. The van der Waals surface area contributed by atoms with Crippen LogP contribution in [0.5, 0.6) is 0 Å². The first-order valence-electron chi connectivity index (χ1n) is 7.92. The van der Waals surface area contributed by atoms with Crippen LogP contribution in [-0.2, 0) is 14.6 Å². The molecule has 2 aromatic rings. The minimum absolute atomic E-state index is 0.0901. The second kappa shape index (κ2) is 7.14. The molecule has 25 heavy (non-hydrogen) atoms. The lowest BCUT2D eigenvalue weighted by atomic mass is 10.1. The van der Waals surface area contributed by atoms with Crippen LogP contribution in [0.3, 0.4) is 0 Å². The van der Waals surface area contributed by atoms with Gasteiger partial charge in [-0.25, -0.2) is 23.5 Å². The number of benzene rings is 1. The molecule has 1 saturated heterocycles. The molecule has 0 aliphatic carbocycles. The second-order valence-corrected chi connectivity index (χ2v) is 8.32. The van der Waals surface area contributed by atoms with Crippen LogP contribution in [0.4, 0.5) is 0 Å². The normalized spacial score (nSPS) is 19.7. The van der Waals surface area contributed by atoms with E-state index < -0.39 is 9.84 Å². The Morgan fingerprint density at radius 2 is 2.12 bits per heavy atom. The maximum absolute atomic E-state index is 11.9. The molecule has 8 nitrogen and oxygen atoms in total. The standard InChI is InChI=1S/C16H19N5O3S/c1-12(14-2-4-15(5-3-14)21-11-17-10-18-21)19-20-16(22)8-13-6-7-25(23,24)9-13/h2-5,10-11,13H,6-9H2,1H3,(H,20,22)/b19-12-/t13-/m0/s1. The van der Waals surface area contributed by atoms with Gasteiger partial charge in [0.1, 0.15) is 12.7 Å². The zero-order valence-electron chi connectivity index (χ0n) is 13.8. The van der Waals surface area contributed by atoms with E-state index >= 15 is 0 Å². The minimum atomic E-state index is -2.97. The number of hydrazone groups is 1. The van der Waals surface area contributed by atoms with Gasteiger partial charge in [0.2, 0.25) is 5.91 Å². The fraction of sp³-hybridized carbons (Fsp3) is 0.375. The van der Waals surface area contributed by atoms with Crippen LogP contribution in [-0.4, -0.2) is 46.3 Å². The number of nitrogens with zero attached hydrogens (tertiary/aromatic N) is 4. The van der Waals surface area contributed by atoms with Gasteiger partial charge in [-0.1, -0.05) is 12.1 Å². The molecule has 132 valence electrons. The summed E-state index contributed by atoms with van der Waals surface area (Å²) in [5.74, 6) is -0.110. The number of hydrogen-bond acceptors (Lipinski definition) is 6. The highest BCUT2D eigenvalue weighted by Gasteiger charge is 2.29. The number of carbonyl (C=O) groups is 1. The summed E-state index contributed by atoms with van der Waals surface area (Å²) in [5, 5.41) is 8.15. The van der Waals surface area contributed by atoms with Gasteiger partial charge in [0.05, 0.1) is 22.9 Å². The van der Waals surface area contributed by atoms with E-state index in [4.69, 9.17) is 0 Å². The Kier molecular flexibility index (Phi) is 4.93. The van der Waals surface area contributed by atoms with Gasteiger partial charge in [-0.2, -0.15) is 10.2 Å². The first-order chi connectivity index (χ1) is 11.9. The fourth-order valence-corrected chi connectivity index (χ4v) is 4.61. The third-order valence-electron chi connectivity index (χ3n) is 4.12. The summed E-state index contributed by atoms with van der Waals surface area (Å²) >= 11 is 0. The number of rotatable bonds is 5. The topological polar surface area (TPSA) is 106 Å². The van der Waals surface area contributed by atoms with E-state index in [1.54, 1.807) is 17.9 Å². The van der Waals surface area contributed by atoms with E-state index in [2.05, 4.69) is 20.6 Å². The van der Waals surface area contributed by atoms with E-state index in [9.17, 15) is 13.2 Å². The number of nitrogens with one attached hydrogen (secondary N) is 1. The molecule has 1 fully saturated rings. The molecule has 1 aliphatic heterocycles. The molecular weight excluding hydrogens is 342 g/mol. The summed E-state index contributed by atoms with van der Waals surface area (Å²) in [4.78, 5) is 15.8. The molecule has 9 heteroatoms. The highest BCUT2D eigenvalue weighted by Crippen LogP contribution is 2.21. The molecule has 0 bridgehead atoms. The fourth-order valence-electron chi connectivity index (χ4n) is 2.75. The van der Waals surface area contributed by atoms with E-state index in [0.29, 0.717) is 12.1 Å². The largest absolute Gasteiger partial charge is 0.273 e. The van der Waals surface area contributed by atoms with Crippen LogP contribution in [0.2, 0.25) is 0 Å². The maximum Gasteiger partial charge on any atom is 0.240 e. The van der Waals surface area contributed by atoms with Gasteiger partial charge in [0.25, 0.3) is 0 Å². The average molecular weight is 361 g/mol. The Morgan fingerprint density at radius 3 is 2.72 bits per heavy atom. The summed E-state index contributed by atoms with van der Waals surface area (Å²) in [6.45, 7) is 1.80. The van der Waals surface area contributed by atoms with Gasteiger partial charge in [0, 0.05) is 6.42 Å². The predicted molar refractivity (Wildman–Crippen MR) is 93.1 cm³/mol. The number of carbonyl (C=O) groups excluding carboxylic acids is 1. The molecule has 2 heterocycles. The van der Waals surface area contributed by atoms with Gasteiger partial charge in [-0.3, -0.25) is 4.79 Å². The van der Waals surface area contributed by atoms with E-state index in [0.717, 1.165) is 11.3 Å². The van der Waals surface area contributed by atoms with Crippen LogP contribution in [0, 0.1) is 5.92 Å². The third kappa shape index (κ3) is 4.50. The lowest BCUT2D eigenvalue weighted by Crippen LogP contribution is -2.22. The zero-order chi connectivity index (χ0) is 17.9. The maximum atomic E-state index is 11.9. The Hall–Kier alpha value is -2.55. The number of amides is 1. The molecule has 0 saturated carbocycles. The first-order valence-corrected chi connectivity index (χ1v) is 9.74. The van der Waals surface area contributed by atoms with Gasteiger partial charge in [-0.05, 0) is 37.0 Å². The molecule has 0 radical (unpaired) electrons. The monoisotopic (exact) mass is 361 g/mol. The quantitative estimate of drug-likeness (QED) is 0.630. The molecule has 0 unspecified atom stereocenters. The van der Waals surface area contributed by atoms with Gasteiger partial charge < -0.3 is 0 Å². The smallest absolute Gasteiger partial charge is 0.240 e. The first kappa shape index (κ1) is 17.3. The summed E-state index contributed by atoms with van der Waals surface area (Å²) in [6, 6.07) is 7.53. The number of sulfone groups is 1. The number of aromatic nitrogens is 3. The third-order valence-corrected chi connectivity index (χ3v) is 5.95. The molecule has 3 rings (SSSR count). The van der Waals surface area contributed by atoms with Crippen molar-refractivity contribution in [2.75, 3.05) is 11.5 Å². The van der Waals surface area contributed by atoms with E-state index in [-0.39, 0.29) is 29.8 Å². The van der Waals surface area contributed by atoms with E-state index in [1.165, 1.54) is 6.33 Å². The molecule has 1 N–H and O–H groups in total. The SMILES string of the molecule is C/C(=N/NC(=O)C[C@@H]1CCS(=O)(=O)C1)c1ccc(-n2cncn2)cc1. The van der Waals surface area contributed by atoms with Crippen molar-refractivity contribution < 1.29 is 13.2 Å². The van der Waals surface area contributed by atoms with Crippen molar-refractivity contribution in [2.45, 2.75) is 19.8 Å². The lowest BCUT2D eigenvalue weighted by Gasteiger charge is -2.07. The molecule has 1 atom stereocenters. The Balaban J connectivity index is 1.57. The summed E-state index contributed by atoms with van der Waals surface area (Å²) in [6.07, 6.45) is 3.80. The predicted octanol–water partition coefficient (Wildman–Crippen LogP) is 0.932. The Bertz CT molecular complexity index is 873. The zero-order valence-corrected chi connectivity index (χ0v) is 14.6. The molecule has 1 aromatic carbocycles. The Morgan fingerprint density at radius 1 is 1.36 bits per heavy atom. The van der Waals surface area contributed by atoms with Crippen molar-refractivity contribution in [1.82, 2.24) is 20.2 Å². The lowest BCUT2D eigenvalue weighted by molar-refractivity contribution is -0.121. The van der Waals surface area contributed by atoms with Gasteiger partial charge >= 0.3 is 0 Å². The highest BCUT2D eigenvalue weighted by atomic mass is 32.2. The van der Waals surface area contributed by atoms with E-state index in [1.807, 2.05) is 24.3 Å². The molecule has 1 amide bonds. The van der Waals surface area contributed by atoms with Crippen LogP contribution in [0.1, 0.15) is 25.3 Å². The van der Waals surface area contributed by atoms with Crippen molar-refractivity contribution >= 4 is 21.5 Å². The minimum Gasteiger partial charge on any atom is -0.273 e. The summed E-state index contributed by atoms with van der Waals surface area (Å²) in [7, 11) is -2.97. The highest BCUT2D eigenvalue weighted by molar-refractivity contribution is 7.91. The van der Waals surface area contributed by atoms with Crippen molar-refractivity contribution in [3.8, 4) is 5.69 Å². The molecule has 1 aromatic heterocycles. The van der Waals surface area contributed by atoms with Crippen LogP contribution < -0.4 is 5.43 Å². The van der Waals surface area contributed by atoms with Crippen LogP contribution in [0.15, 0.2) is 42.0 Å². The van der Waals surface area contributed by atoms with Crippen molar-refractivity contribution in [1.29, 1.82) is 0 Å². The molecule has 1 aliphatic rings. The van der Waals surface area contributed by atoms with Crippen molar-refractivity contribution in [3.05, 3.63) is 42.5 Å². The average Bonchev–Trinajstić information content (AvgIpc) is 3.22. The van der Waals surface area contributed by atoms with Crippen LogP contribution >= 0.6 is 0 Å². The second-order valence-electron chi connectivity index (χ2n) is 6.09. The van der Waals surface area contributed by atoms with Crippen molar-refractivity contribution in [3.63, 3.8) is 0 Å². The van der Waals surface area contributed by atoms with Gasteiger partial charge in [-0.15, -0.1) is 0 Å². The Labute approximate surface area is 145 Å². The van der Waals surface area contributed by atoms with Gasteiger partial charge in [0.15, 0.2) is 9.84 Å². The van der Waals surface area contributed by atoms with Crippen molar-refractivity contribution in [2.24, 2.45) is 11.0 Å². The molecular formula is C16H19N5O3S.